The summed E-state index contributed by atoms with van der Waals surface area (Å²) in [5, 5.41) is -0.341. The minimum Gasteiger partial charge on any atom is -0.267 e. The molecule has 31 heavy (non-hydrogen) atoms. The average molecular weight is 467 g/mol. The Labute approximate surface area is 190 Å². The van der Waals surface area contributed by atoms with Gasteiger partial charge >= 0.3 is 0 Å². The molecule has 0 spiro atoms. The fourth-order valence-electron chi connectivity index (χ4n) is 2.29. The largest absolute Gasteiger partial charge is 0.269 e. The molecule has 7 nitrogen and oxygen atoms in total. The Hall–Kier alpha value is -3.27. The van der Waals surface area contributed by atoms with Crippen LogP contribution in [0.2, 0.25) is 5.02 Å². The monoisotopic (exact) mass is 466 g/mol. The average Bonchev–Trinajstić information content (AvgIpc) is 2.85. The zero-order valence-electron chi connectivity index (χ0n) is 20.5. The van der Waals surface area contributed by atoms with Crippen LogP contribution in [0.3, 0.4) is 0 Å². The van der Waals surface area contributed by atoms with Gasteiger partial charge in [-0.05, 0) is 48.0 Å². The van der Waals surface area contributed by atoms with Crippen molar-refractivity contribution < 1.29 is 29.3 Å². The summed E-state index contributed by atoms with van der Waals surface area (Å²) in [5.74, 6) is -2.63. The molecule has 0 aromatic heterocycles. The normalized spacial score (nSPS) is 13.3. The van der Waals surface area contributed by atoms with Crippen LogP contribution < -0.4 is 15.6 Å². The fourth-order valence-corrected chi connectivity index (χ4v) is 3.58. The molecule has 10 heteroatoms. The van der Waals surface area contributed by atoms with E-state index in [2.05, 4.69) is 10.1 Å². The molecule has 0 atom stereocenters. The van der Waals surface area contributed by atoms with Crippen molar-refractivity contribution in [3.05, 3.63) is 100 Å². The zero-order valence-corrected chi connectivity index (χ0v) is 17.1. The van der Waals surface area contributed by atoms with Gasteiger partial charge in [-0.2, -0.15) is 0 Å². The van der Waals surface area contributed by atoms with E-state index in [0.29, 0.717) is 5.56 Å². The first kappa shape index (κ1) is 16.4. The molecule has 0 heterocycles. The highest BCUT2D eigenvalue weighted by Crippen LogP contribution is 2.19. The van der Waals surface area contributed by atoms with E-state index in [-0.39, 0.29) is 22.0 Å². The third kappa shape index (κ3) is 5.88. The summed E-state index contributed by atoms with van der Waals surface area (Å²) in [6.07, 6.45) is 0. The maximum absolute atomic E-state index is 13.3. The second kappa shape index (κ2) is 9.69. The van der Waals surface area contributed by atoms with E-state index in [1.165, 1.54) is 24.3 Å². The maximum Gasteiger partial charge on any atom is 0.269 e. The molecule has 0 saturated carbocycles. The van der Waals surface area contributed by atoms with Gasteiger partial charge in [-0.25, -0.2) is 17.5 Å². The van der Waals surface area contributed by atoms with Gasteiger partial charge in [-0.1, -0.05) is 41.9 Å². The molecule has 3 aromatic rings. The van der Waals surface area contributed by atoms with Crippen molar-refractivity contribution in [1.29, 1.82) is 0 Å². The van der Waals surface area contributed by atoms with Crippen molar-refractivity contribution in [2.24, 2.45) is 0 Å². The molecule has 3 N–H and O–H groups in total. The lowest BCUT2D eigenvalue weighted by molar-refractivity contribution is 0.0846. The van der Waals surface area contributed by atoms with Gasteiger partial charge in [-0.15, -0.1) is 0 Å². The van der Waals surface area contributed by atoms with Crippen LogP contribution in [0.5, 0.6) is 0 Å². The van der Waals surface area contributed by atoms with E-state index in [9.17, 15) is 22.4 Å². The Morgan fingerprint density at radius 2 is 1.55 bits per heavy atom. The van der Waals surface area contributed by atoms with Gasteiger partial charge in [0, 0.05) is 17.7 Å². The number of carbonyl (C=O) groups excluding carboxylic acids is 2. The van der Waals surface area contributed by atoms with Crippen LogP contribution in [0.1, 0.15) is 33.1 Å². The first-order valence-electron chi connectivity index (χ1n) is 11.0. The number of amides is 2. The Kier molecular flexibility index (Phi) is 5.14. The third-order valence-electron chi connectivity index (χ3n) is 3.90. The van der Waals surface area contributed by atoms with Gasteiger partial charge in [0.25, 0.3) is 11.8 Å². The number of hydrogen-bond donors (Lipinski definition) is 3. The summed E-state index contributed by atoms with van der Waals surface area (Å²) in [6, 6.07) is 5.09. The molecule has 0 radical (unpaired) electrons. The predicted molar refractivity (Wildman–Crippen MR) is 113 cm³/mol. The van der Waals surface area contributed by atoms with Crippen LogP contribution in [0.25, 0.3) is 0 Å². The Morgan fingerprint density at radius 3 is 2.16 bits per heavy atom. The Balaban J connectivity index is 1.63. The summed E-state index contributed by atoms with van der Waals surface area (Å²) in [7, 11) is -3.98. The van der Waals surface area contributed by atoms with Crippen molar-refractivity contribution in [2.45, 2.75) is 11.4 Å². The molecule has 0 saturated heterocycles. The van der Waals surface area contributed by atoms with Crippen LogP contribution in [-0.4, -0.2) is 20.2 Å². The second-order valence-corrected chi connectivity index (χ2v) is 8.18. The lowest BCUT2D eigenvalue weighted by Crippen LogP contribution is -2.41. The molecule has 0 aliphatic heterocycles. The summed E-state index contributed by atoms with van der Waals surface area (Å²) >= 11 is 5.63. The molecule has 3 rings (SSSR count). The molecule has 160 valence electrons. The first-order valence-corrected chi connectivity index (χ1v) is 10.4. The van der Waals surface area contributed by atoms with Gasteiger partial charge in [0.2, 0.25) is 10.0 Å². The standard InChI is InChI=1S/C21H17ClFN3O4S/c22-18-12-17(10-11-19(18)23)31(29,30)24-13-14-6-8-16(9-7-14)21(28)26-25-20(27)15-4-2-1-3-5-15/h1-12,24H,13H2,(H,25,27)(H,26,28)/i1D,2D,3D,4D,5D. The minimum atomic E-state index is -3.98. The Morgan fingerprint density at radius 1 is 0.935 bits per heavy atom. The molecule has 0 unspecified atom stereocenters. The summed E-state index contributed by atoms with van der Waals surface area (Å²) < 4.78 is 78.6. The van der Waals surface area contributed by atoms with Crippen molar-refractivity contribution in [3.63, 3.8) is 0 Å². The highest BCUT2D eigenvalue weighted by atomic mass is 35.5. The van der Waals surface area contributed by atoms with Gasteiger partial charge in [0.05, 0.1) is 16.8 Å². The number of benzene rings is 3. The lowest BCUT2D eigenvalue weighted by Gasteiger charge is -2.09. The van der Waals surface area contributed by atoms with E-state index in [1.807, 2.05) is 5.43 Å². The number of hydrazine groups is 1. The van der Waals surface area contributed by atoms with E-state index in [0.717, 1.165) is 18.2 Å². The quantitative estimate of drug-likeness (QED) is 0.486. The highest BCUT2D eigenvalue weighted by molar-refractivity contribution is 7.89. The number of carbonyl (C=O) groups is 2. The van der Waals surface area contributed by atoms with Gasteiger partial charge < -0.3 is 0 Å². The van der Waals surface area contributed by atoms with Gasteiger partial charge in [0.1, 0.15) is 5.82 Å². The van der Waals surface area contributed by atoms with Crippen LogP contribution >= 0.6 is 11.6 Å². The minimum absolute atomic E-state index is 0.0771. The number of rotatable bonds is 6. The third-order valence-corrected chi connectivity index (χ3v) is 5.59. The fraction of sp³-hybridized carbons (Fsp3) is 0.0476. The number of halogens is 2. The first-order chi connectivity index (χ1) is 16.8. The molecule has 3 aromatic carbocycles. The molecular formula is C21H17ClFN3O4S. The van der Waals surface area contributed by atoms with Gasteiger partial charge in [0.15, 0.2) is 0 Å². The molecular weight excluding hydrogens is 445 g/mol. The number of hydrogen-bond acceptors (Lipinski definition) is 4. The van der Waals surface area contributed by atoms with E-state index >= 15 is 0 Å². The zero-order chi connectivity index (χ0) is 26.8. The van der Waals surface area contributed by atoms with Crippen LogP contribution in [0.15, 0.2) is 77.6 Å². The van der Waals surface area contributed by atoms with Crippen LogP contribution in [-0.2, 0) is 16.6 Å². The highest BCUT2D eigenvalue weighted by Gasteiger charge is 2.16. The van der Waals surface area contributed by atoms with Crippen molar-refractivity contribution >= 4 is 33.4 Å². The maximum atomic E-state index is 13.3. The lowest BCUT2D eigenvalue weighted by atomic mass is 10.1. The Bertz CT molecular complexity index is 1440. The van der Waals surface area contributed by atoms with Gasteiger partial charge in [-0.3, -0.25) is 20.4 Å². The summed E-state index contributed by atoms with van der Waals surface area (Å²) in [4.78, 5) is 24.5. The topological polar surface area (TPSA) is 104 Å². The number of sulfonamides is 1. The predicted octanol–water partition coefficient (Wildman–Crippen LogP) is 3.03. The van der Waals surface area contributed by atoms with Crippen molar-refractivity contribution in [2.75, 3.05) is 0 Å². The molecule has 0 fully saturated rings. The molecule has 0 bridgehead atoms. The van der Waals surface area contributed by atoms with Crippen LogP contribution in [0.4, 0.5) is 4.39 Å². The van der Waals surface area contributed by atoms with E-state index < -0.39 is 63.4 Å². The number of nitrogens with one attached hydrogen (secondary N) is 3. The smallest absolute Gasteiger partial charge is 0.267 e. The molecule has 0 aliphatic carbocycles. The summed E-state index contributed by atoms with van der Waals surface area (Å²) in [5.41, 5.74) is 4.01. The van der Waals surface area contributed by atoms with Crippen molar-refractivity contribution in [3.8, 4) is 0 Å². The summed E-state index contributed by atoms with van der Waals surface area (Å²) in [6.45, 7) is -0.147. The SMILES string of the molecule is [2H]c1c([2H])c([2H])c(C(=O)NNC(=O)c2ccc(CNS(=O)(=O)c3ccc(F)c(Cl)c3)cc2)c([2H])c1[2H]. The van der Waals surface area contributed by atoms with Crippen molar-refractivity contribution in [1.82, 2.24) is 15.6 Å². The second-order valence-electron chi connectivity index (χ2n) is 6.01. The van der Waals surface area contributed by atoms with E-state index in [4.69, 9.17) is 18.5 Å². The van der Waals surface area contributed by atoms with E-state index in [1.54, 1.807) is 0 Å². The molecule has 0 aliphatic rings. The van der Waals surface area contributed by atoms with Crippen LogP contribution in [0, 0.1) is 5.82 Å². The molecule has 2 amide bonds.